The number of carboxylic acids is 1. The quantitative estimate of drug-likeness (QED) is 0.308. The van der Waals surface area contributed by atoms with E-state index >= 15 is 0 Å². The van der Waals surface area contributed by atoms with Crippen LogP contribution in [0.5, 0.6) is 0 Å². The molecule has 3 N–H and O–H groups in total. The number of hydrogen-bond acceptors (Lipinski definition) is 3. The molecule has 0 aromatic rings. The van der Waals surface area contributed by atoms with Gasteiger partial charge >= 0.3 is 5.97 Å². The number of hydrogen-bond donors (Lipinski definition) is 3. The smallest absolute Gasteiger partial charge is 0.354 e. The van der Waals surface area contributed by atoms with E-state index in [1.165, 1.54) is 38.5 Å². The van der Waals surface area contributed by atoms with E-state index in [-0.39, 0.29) is 6.42 Å². The molecule has 0 bridgehead atoms. The molecule has 2 unspecified atom stereocenters. The maximum absolute atomic E-state index is 10.8. The first-order valence-electron chi connectivity index (χ1n) is 10.2. The summed E-state index contributed by atoms with van der Waals surface area (Å²) in [6.07, 6.45) is 16.3. The Balaban J connectivity index is 2.44. The second kappa shape index (κ2) is 11.2. The molecule has 27 heavy (non-hydrogen) atoms. The molecule has 4 atom stereocenters. The first-order chi connectivity index (χ1) is 12.6. The van der Waals surface area contributed by atoms with Gasteiger partial charge in [-0.05, 0) is 55.8 Å². The van der Waals surface area contributed by atoms with E-state index in [0.717, 1.165) is 12.8 Å². The maximum atomic E-state index is 10.8. The standard InChI is InChI=1S/C22H37ClO4/c1-4-5-15-21(2,3)16-9-13-18-12-8-11-17(18)10-6-7-14-19(24)22(23,27)20(25)26/h6-7,9,13,17-19,24,27H,4-5,8,10-12,14-16H2,1-3H3,(H,25,26)/t17-,18+,19?,22?/m0/s1. The molecule has 1 aliphatic carbocycles. The Morgan fingerprint density at radius 2 is 1.96 bits per heavy atom. The highest BCUT2D eigenvalue weighted by Gasteiger charge is 2.40. The monoisotopic (exact) mass is 400 g/mol. The fraction of sp³-hybridized carbons (Fsp3) is 0.773. The number of alkyl halides is 1. The Kier molecular flexibility index (Phi) is 10.1. The molecule has 1 aliphatic rings. The van der Waals surface area contributed by atoms with Crippen molar-refractivity contribution in [1.29, 1.82) is 0 Å². The lowest BCUT2D eigenvalue weighted by molar-refractivity contribution is -0.158. The summed E-state index contributed by atoms with van der Waals surface area (Å²) >= 11 is 5.44. The summed E-state index contributed by atoms with van der Waals surface area (Å²) in [5.41, 5.74) is 0.360. The molecule has 1 rings (SSSR count). The Morgan fingerprint density at radius 1 is 1.26 bits per heavy atom. The predicted octanol–water partition coefficient (Wildman–Crippen LogP) is 5.27. The van der Waals surface area contributed by atoms with Crippen LogP contribution in [0.4, 0.5) is 0 Å². The molecule has 5 heteroatoms. The molecule has 0 radical (unpaired) electrons. The summed E-state index contributed by atoms with van der Waals surface area (Å²) in [6.45, 7) is 6.90. The van der Waals surface area contributed by atoms with Crippen LogP contribution in [0, 0.1) is 17.3 Å². The Hall–Kier alpha value is -0.840. The molecule has 1 saturated carbocycles. The second-order valence-corrected chi connectivity index (χ2v) is 9.27. The van der Waals surface area contributed by atoms with Gasteiger partial charge in [0, 0.05) is 0 Å². The van der Waals surface area contributed by atoms with Crippen LogP contribution in [0.2, 0.25) is 0 Å². The summed E-state index contributed by atoms with van der Waals surface area (Å²) in [4.78, 5) is 10.8. The predicted molar refractivity (Wildman–Crippen MR) is 111 cm³/mol. The average Bonchev–Trinajstić information content (AvgIpc) is 3.03. The zero-order chi connectivity index (χ0) is 20.5. The Labute approximate surface area is 169 Å². The van der Waals surface area contributed by atoms with Crippen molar-refractivity contribution in [1.82, 2.24) is 0 Å². The largest absolute Gasteiger partial charge is 0.478 e. The van der Waals surface area contributed by atoms with Gasteiger partial charge in [0.05, 0.1) is 0 Å². The number of unbranched alkanes of at least 4 members (excludes halogenated alkanes) is 1. The number of carbonyl (C=O) groups is 1. The van der Waals surface area contributed by atoms with Crippen LogP contribution in [0.3, 0.4) is 0 Å². The van der Waals surface area contributed by atoms with Crippen LogP contribution in [-0.4, -0.2) is 32.5 Å². The first kappa shape index (κ1) is 24.2. The third-order valence-electron chi connectivity index (χ3n) is 5.69. The molecule has 4 nitrogen and oxygen atoms in total. The van der Waals surface area contributed by atoms with Crippen molar-refractivity contribution in [2.75, 3.05) is 0 Å². The third-order valence-corrected chi connectivity index (χ3v) is 6.10. The molecule has 0 aromatic heterocycles. The van der Waals surface area contributed by atoms with E-state index in [1.54, 1.807) is 6.08 Å². The van der Waals surface area contributed by atoms with Gasteiger partial charge < -0.3 is 15.3 Å². The van der Waals surface area contributed by atoms with Gasteiger partial charge in [-0.15, -0.1) is 0 Å². The molecule has 1 fully saturated rings. The van der Waals surface area contributed by atoms with Crippen molar-refractivity contribution >= 4 is 17.6 Å². The number of halogens is 1. The van der Waals surface area contributed by atoms with Gasteiger partial charge in [-0.3, -0.25) is 0 Å². The lowest BCUT2D eigenvalue weighted by atomic mass is 9.83. The van der Waals surface area contributed by atoms with Gasteiger partial charge in [0.1, 0.15) is 6.10 Å². The van der Waals surface area contributed by atoms with Crippen molar-refractivity contribution in [3.8, 4) is 0 Å². The number of rotatable bonds is 12. The number of aliphatic carboxylic acids is 1. The molecule has 0 amide bonds. The lowest BCUT2D eigenvalue weighted by Gasteiger charge is -2.23. The minimum Gasteiger partial charge on any atom is -0.478 e. The second-order valence-electron chi connectivity index (χ2n) is 8.69. The normalized spacial score (nSPS) is 24.5. The van der Waals surface area contributed by atoms with E-state index < -0.39 is 17.1 Å². The Morgan fingerprint density at radius 3 is 2.59 bits per heavy atom. The van der Waals surface area contributed by atoms with Gasteiger partial charge in [-0.2, -0.15) is 0 Å². The van der Waals surface area contributed by atoms with Gasteiger partial charge in [0.2, 0.25) is 0 Å². The van der Waals surface area contributed by atoms with E-state index in [9.17, 15) is 15.0 Å². The zero-order valence-electron chi connectivity index (χ0n) is 17.0. The highest BCUT2D eigenvalue weighted by molar-refractivity contribution is 6.32. The minimum atomic E-state index is -2.63. The highest BCUT2D eigenvalue weighted by atomic mass is 35.5. The van der Waals surface area contributed by atoms with Gasteiger partial charge in [-0.1, -0.05) is 75.9 Å². The molecule has 0 spiro atoms. The molecule has 0 aliphatic heterocycles. The molecule has 0 heterocycles. The number of carboxylic acid groups (broad SMARTS) is 1. The fourth-order valence-corrected chi connectivity index (χ4v) is 3.81. The number of aliphatic hydroxyl groups excluding tert-OH is 1. The van der Waals surface area contributed by atoms with Crippen molar-refractivity contribution in [3.05, 3.63) is 24.3 Å². The zero-order valence-corrected chi connectivity index (χ0v) is 17.8. The molecular formula is C22H37ClO4. The van der Waals surface area contributed by atoms with Crippen molar-refractivity contribution in [3.63, 3.8) is 0 Å². The molecule has 0 saturated heterocycles. The van der Waals surface area contributed by atoms with Gasteiger partial charge in [0.25, 0.3) is 5.06 Å². The third kappa shape index (κ3) is 8.37. The first-order valence-corrected chi connectivity index (χ1v) is 10.6. The van der Waals surface area contributed by atoms with Crippen molar-refractivity contribution < 1.29 is 20.1 Å². The van der Waals surface area contributed by atoms with E-state index in [4.69, 9.17) is 16.7 Å². The summed E-state index contributed by atoms with van der Waals surface area (Å²) < 4.78 is 0. The minimum absolute atomic E-state index is 0.0190. The Bertz CT molecular complexity index is 510. The van der Waals surface area contributed by atoms with Crippen molar-refractivity contribution in [2.24, 2.45) is 17.3 Å². The number of allylic oxidation sites excluding steroid dienone is 3. The van der Waals surface area contributed by atoms with Crippen LogP contribution in [-0.2, 0) is 4.79 Å². The van der Waals surface area contributed by atoms with Crippen LogP contribution in [0.1, 0.15) is 78.6 Å². The van der Waals surface area contributed by atoms with E-state index in [0.29, 0.717) is 17.3 Å². The van der Waals surface area contributed by atoms with Crippen LogP contribution < -0.4 is 0 Å². The fourth-order valence-electron chi connectivity index (χ4n) is 3.73. The SMILES string of the molecule is CCCCC(C)(C)CC=C[C@H]1CCC[C@@H]1CC=CCC(O)C(O)(Cl)C(=O)O. The summed E-state index contributed by atoms with van der Waals surface area (Å²) in [6, 6.07) is 0. The van der Waals surface area contributed by atoms with Gasteiger partial charge in [-0.25, -0.2) is 4.79 Å². The molecular weight excluding hydrogens is 364 g/mol. The van der Waals surface area contributed by atoms with E-state index in [2.05, 4.69) is 32.9 Å². The maximum Gasteiger partial charge on any atom is 0.354 e. The van der Waals surface area contributed by atoms with Crippen LogP contribution in [0.25, 0.3) is 0 Å². The topological polar surface area (TPSA) is 77.8 Å². The highest BCUT2D eigenvalue weighted by Crippen LogP contribution is 2.36. The van der Waals surface area contributed by atoms with Crippen LogP contribution >= 0.6 is 11.6 Å². The summed E-state index contributed by atoms with van der Waals surface area (Å²) in [5, 5.41) is 25.4. The van der Waals surface area contributed by atoms with E-state index in [1.807, 2.05) is 6.08 Å². The van der Waals surface area contributed by atoms with Crippen molar-refractivity contribution in [2.45, 2.75) is 89.7 Å². The molecule has 0 aromatic carbocycles. The van der Waals surface area contributed by atoms with Gasteiger partial charge in [0.15, 0.2) is 0 Å². The summed E-state index contributed by atoms with van der Waals surface area (Å²) in [5.74, 6) is -0.457. The van der Waals surface area contributed by atoms with Crippen LogP contribution in [0.15, 0.2) is 24.3 Å². The lowest BCUT2D eigenvalue weighted by Crippen LogP contribution is -2.44. The molecule has 156 valence electrons. The average molecular weight is 401 g/mol. The number of aliphatic hydroxyl groups is 2. The summed E-state index contributed by atoms with van der Waals surface area (Å²) in [7, 11) is 0.